The van der Waals surface area contributed by atoms with Gasteiger partial charge >= 0.3 is 0 Å². The molecule has 0 N–H and O–H groups in total. The summed E-state index contributed by atoms with van der Waals surface area (Å²) in [6.45, 7) is 21.4. The minimum atomic E-state index is -1.57. The van der Waals surface area contributed by atoms with Crippen LogP contribution >= 0.6 is 0 Å². The first-order valence-corrected chi connectivity index (χ1v) is 20.7. The molecule has 34 heavy (non-hydrogen) atoms. The number of rotatable bonds is 6. The highest BCUT2D eigenvalue weighted by Gasteiger charge is 2.62. The number of allylic oxidation sites excluding steroid dienone is 1. The van der Waals surface area contributed by atoms with Crippen LogP contribution in [-0.4, -0.2) is 41.7 Å². The van der Waals surface area contributed by atoms with Crippen LogP contribution in [0.25, 0.3) is 0 Å². The summed E-state index contributed by atoms with van der Waals surface area (Å²) in [4.78, 5) is 5.54. The lowest BCUT2D eigenvalue weighted by Crippen LogP contribution is -2.56. The molecule has 0 aromatic carbocycles. The number of hydrogen-bond acceptors (Lipinski definition) is 4. The van der Waals surface area contributed by atoms with E-state index in [0.717, 1.165) is 18.8 Å². The van der Waals surface area contributed by atoms with E-state index >= 15 is 0 Å². The van der Waals surface area contributed by atoms with Gasteiger partial charge in [0.25, 0.3) is 0 Å². The van der Waals surface area contributed by atoms with E-state index in [4.69, 9.17) is 18.8 Å². The van der Waals surface area contributed by atoms with Gasteiger partial charge in [0, 0.05) is 12.0 Å². The Morgan fingerprint density at radius 2 is 1.71 bits per heavy atom. The predicted molar refractivity (Wildman–Crippen MR) is 147 cm³/mol. The van der Waals surface area contributed by atoms with Crippen LogP contribution in [0.3, 0.4) is 0 Å². The Labute approximate surface area is 211 Å². The zero-order valence-electron chi connectivity index (χ0n) is 23.7. The van der Waals surface area contributed by atoms with Crippen LogP contribution in [0, 0.1) is 34.5 Å². The van der Waals surface area contributed by atoms with Crippen molar-refractivity contribution < 1.29 is 13.7 Å². The Kier molecular flexibility index (Phi) is 7.16. The zero-order chi connectivity index (χ0) is 25.1. The first-order chi connectivity index (χ1) is 15.7. The Bertz CT molecular complexity index is 828. The molecule has 0 amide bonds. The maximum absolute atomic E-state index is 6.67. The fraction of sp³-hybridized carbons (Fsp3) is 0.893. The largest absolute Gasteiger partial charge is 0.415 e. The Hall–Kier alpha value is -0.436. The number of hydrogen-bond donors (Lipinski definition) is 0. The van der Waals surface area contributed by atoms with Crippen LogP contribution in [0.5, 0.6) is 0 Å². The molecular formula is C28H51NO3Si2. The zero-order valence-corrected chi connectivity index (χ0v) is 25.7. The molecule has 0 aliphatic heterocycles. The summed E-state index contributed by atoms with van der Waals surface area (Å²) in [6.07, 6.45) is 11.7. The quantitative estimate of drug-likeness (QED) is 0.211. The van der Waals surface area contributed by atoms with Gasteiger partial charge in [-0.15, -0.1) is 0 Å². The molecule has 8 atom stereocenters. The molecule has 0 spiro atoms. The minimum absolute atomic E-state index is 0.194. The Morgan fingerprint density at radius 1 is 1.00 bits per heavy atom. The number of fused-ring (bicyclic) bond motifs is 5. The van der Waals surface area contributed by atoms with Gasteiger partial charge in [-0.3, -0.25) is 0 Å². The van der Waals surface area contributed by atoms with Crippen molar-refractivity contribution in [3.63, 3.8) is 0 Å². The van der Waals surface area contributed by atoms with E-state index < -0.39 is 16.6 Å². The van der Waals surface area contributed by atoms with Gasteiger partial charge in [0.1, 0.15) is 7.11 Å². The molecular weight excluding hydrogens is 454 g/mol. The summed E-state index contributed by atoms with van der Waals surface area (Å²) in [5, 5.41) is 4.79. The van der Waals surface area contributed by atoms with E-state index in [1.54, 1.807) is 12.7 Å². The summed E-state index contributed by atoms with van der Waals surface area (Å²) in [5.74, 6) is 2.58. The molecule has 3 unspecified atom stereocenters. The second-order valence-electron chi connectivity index (χ2n) is 14.3. The van der Waals surface area contributed by atoms with Crippen molar-refractivity contribution in [2.75, 3.05) is 7.11 Å². The Balaban J connectivity index is 1.65. The molecule has 4 aliphatic carbocycles. The normalized spacial score (nSPS) is 42.5. The molecule has 4 nitrogen and oxygen atoms in total. The van der Waals surface area contributed by atoms with Gasteiger partial charge < -0.3 is 13.7 Å². The van der Waals surface area contributed by atoms with Crippen molar-refractivity contribution in [1.29, 1.82) is 0 Å². The molecule has 0 aromatic heterocycles. The third kappa shape index (κ3) is 4.90. The number of oxime groups is 1. The molecule has 3 fully saturated rings. The standard InChI is InChI=1S/C28H51NO3Si2/c1-19(31-33(5,6)7)23-13-14-24-22-12-11-20-17-21(32-34(8,9)10)15-16-27(20,2)26(22)25(29-30-4)18-28(23,24)3/h17,19,21-24,26H,11-16,18H2,1-10H3/t19-,21-,22?,23+,24?,26?,27-,28+/m0/s1. The minimum Gasteiger partial charge on any atom is -0.415 e. The summed E-state index contributed by atoms with van der Waals surface area (Å²) in [6, 6.07) is 0. The van der Waals surface area contributed by atoms with Crippen molar-refractivity contribution in [1.82, 2.24) is 0 Å². The van der Waals surface area contributed by atoms with Gasteiger partial charge in [-0.2, -0.15) is 0 Å². The van der Waals surface area contributed by atoms with E-state index in [9.17, 15) is 0 Å². The molecule has 0 saturated heterocycles. The van der Waals surface area contributed by atoms with Crippen LogP contribution < -0.4 is 0 Å². The fourth-order valence-electron chi connectivity index (χ4n) is 8.76. The molecule has 0 bridgehead atoms. The van der Waals surface area contributed by atoms with Gasteiger partial charge in [0.05, 0.1) is 11.8 Å². The fourth-order valence-corrected chi connectivity index (χ4v) is 11.1. The van der Waals surface area contributed by atoms with Crippen molar-refractivity contribution in [2.45, 2.75) is 117 Å². The second-order valence-corrected chi connectivity index (χ2v) is 23.2. The monoisotopic (exact) mass is 505 g/mol. The molecule has 6 heteroatoms. The molecule has 194 valence electrons. The summed E-state index contributed by atoms with van der Waals surface area (Å²) in [7, 11) is -1.39. The van der Waals surface area contributed by atoms with Gasteiger partial charge in [-0.25, -0.2) is 0 Å². The maximum atomic E-state index is 6.67. The van der Waals surface area contributed by atoms with E-state index in [-0.39, 0.29) is 10.8 Å². The molecule has 4 aliphatic rings. The molecule has 3 saturated carbocycles. The lowest BCUT2D eigenvalue weighted by Gasteiger charge is -2.59. The van der Waals surface area contributed by atoms with E-state index in [1.165, 1.54) is 37.8 Å². The predicted octanol–water partition coefficient (Wildman–Crippen LogP) is 7.64. The summed E-state index contributed by atoms with van der Waals surface area (Å²) < 4.78 is 13.2. The maximum Gasteiger partial charge on any atom is 0.184 e. The molecule has 0 radical (unpaired) electrons. The highest BCUT2D eigenvalue weighted by Crippen LogP contribution is 2.66. The molecule has 0 heterocycles. The van der Waals surface area contributed by atoms with Crippen LogP contribution in [0.15, 0.2) is 16.8 Å². The van der Waals surface area contributed by atoms with Crippen molar-refractivity contribution in [3.8, 4) is 0 Å². The lowest BCUT2D eigenvalue weighted by atomic mass is 9.46. The van der Waals surface area contributed by atoms with Crippen LogP contribution in [0.1, 0.15) is 65.7 Å². The van der Waals surface area contributed by atoms with Crippen LogP contribution in [0.4, 0.5) is 0 Å². The summed E-state index contributed by atoms with van der Waals surface area (Å²) >= 11 is 0. The summed E-state index contributed by atoms with van der Waals surface area (Å²) in [5.41, 5.74) is 3.42. The second kappa shape index (κ2) is 9.14. The number of nitrogens with zero attached hydrogens (tertiary/aromatic N) is 1. The van der Waals surface area contributed by atoms with Gasteiger partial charge in [-0.1, -0.05) is 30.7 Å². The van der Waals surface area contributed by atoms with Crippen molar-refractivity contribution in [2.24, 2.45) is 39.7 Å². The average molecular weight is 506 g/mol. The van der Waals surface area contributed by atoms with Gasteiger partial charge in [-0.05, 0) is 120 Å². The van der Waals surface area contributed by atoms with Gasteiger partial charge in [0.15, 0.2) is 16.6 Å². The van der Waals surface area contributed by atoms with Crippen LogP contribution in [0.2, 0.25) is 39.3 Å². The highest BCUT2D eigenvalue weighted by molar-refractivity contribution is 6.70. The van der Waals surface area contributed by atoms with Crippen LogP contribution in [-0.2, 0) is 13.7 Å². The van der Waals surface area contributed by atoms with E-state index in [1.807, 2.05) is 0 Å². The Morgan fingerprint density at radius 3 is 2.32 bits per heavy atom. The van der Waals surface area contributed by atoms with E-state index in [0.29, 0.717) is 30.0 Å². The van der Waals surface area contributed by atoms with Crippen molar-refractivity contribution >= 4 is 22.3 Å². The smallest absolute Gasteiger partial charge is 0.184 e. The first kappa shape index (κ1) is 26.6. The lowest BCUT2D eigenvalue weighted by molar-refractivity contribution is -0.0189. The SMILES string of the molecule is CON=C1C[C@@]2(C)C(CC[C@@H]2[C@H](C)O[Si](C)(C)C)C2CCC3=C[C@@H](O[Si](C)(C)C)CC[C@]3(C)C12. The first-order valence-electron chi connectivity index (χ1n) is 13.8. The third-order valence-corrected chi connectivity index (χ3v) is 11.8. The molecule has 4 rings (SSSR count). The highest BCUT2D eigenvalue weighted by atomic mass is 28.4. The van der Waals surface area contributed by atoms with Gasteiger partial charge in [0.2, 0.25) is 0 Å². The van der Waals surface area contributed by atoms with E-state index in [2.05, 4.69) is 66.1 Å². The average Bonchev–Trinajstić information content (AvgIpc) is 3.02. The van der Waals surface area contributed by atoms with Crippen molar-refractivity contribution in [3.05, 3.63) is 11.6 Å². The topological polar surface area (TPSA) is 40.0 Å². The third-order valence-electron chi connectivity index (χ3n) is 9.67. The molecule has 0 aromatic rings.